The van der Waals surface area contributed by atoms with Crippen LogP contribution >= 0.6 is 0 Å². The first-order valence-corrected chi connectivity index (χ1v) is 9.10. The zero-order valence-corrected chi connectivity index (χ0v) is 15.5. The fourth-order valence-corrected chi connectivity index (χ4v) is 3.49. The predicted octanol–water partition coefficient (Wildman–Crippen LogP) is 2.34. The van der Waals surface area contributed by atoms with Gasteiger partial charge in [-0.05, 0) is 43.6 Å². The number of ether oxygens (including phenoxy) is 1. The van der Waals surface area contributed by atoms with E-state index in [1.165, 1.54) is 31.2 Å². The maximum atomic E-state index is 5.30. The van der Waals surface area contributed by atoms with E-state index in [2.05, 4.69) is 33.8 Å². The van der Waals surface area contributed by atoms with E-state index in [4.69, 9.17) is 4.74 Å². The normalized spacial score (nSPS) is 17.2. The Morgan fingerprint density at radius 2 is 2.17 bits per heavy atom. The molecule has 1 fully saturated rings. The van der Waals surface area contributed by atoms with Gasteiger partial charge in [0, 0.05) is 46.6 Å². The van der Waals surface area contributed by atoms with E-state index in [0.717, 1.165) is 45.0 Å². The fraction of sp³-hybridized carbons (Fsp3) is 0.778. The molecule has 0 unspecified atom stereocenters. The van der Waals surface area contributed by atoms with Crippen LogP contribution in [-0.2, 0) is 11.3 Å². The van der Waals surface area contributed by atoms with Crippen LogP contribution in [0.1, 0.15) is 44.1 Å². The van der Waals surface area contributed by atoms with Gasteiger partial charge in [0.05, 0.1) is 6.20 Å². The largest absolute Gasteiger partial charge is 0.385 e. The van der Waals surface area contributed by atoms with E-state index < -0.39 is 0 Å². The van der Waals surface area contributed by atoms with Crippen molar-refractivity contribution < 1.29 is 4.74 Å². The van der Waals surface area contributed by atoms with Gasteiger partial charge in [-0.2, -0.15) is 5.10 Å². The third kappa shape index (κ3) is 5.82. The van der Waals surface area contributed by atoms with Crippen molar-refractivity contribution in [2.75, 3.05) is 33.9 Å². The summed E-state index contributed by atoms with van der Waals surface area (Å²) >= 11 is 0. The van der Waals surface area contributed by atoms with Crippen LogP contribution in [0, 0.1) is 12.3 Å². The van der Waals surface area contributed by atoms with Crippen LogP contribution in [0.15, 0.2) is 17.4 Å². The van der Waals surface area contributed by atoms with Gasteiger partial charge in [0.25, 0.3) is 0 Å². The molecule has 0 aliphatic heterocycles. The highest BCUT2D eigenvalue weighted by molar-refractivity contribution is 5.79. The minimum absolute atomic E-state index is 0.375. The Morgan fingerprint density at radius 1 is 1.38 bits per heavy atom. The SMILES string of the molecule is CN=C(NCCCn1cc(C)cn1)NCC1(CCOC)CCCC1. The zero-order valence-electron chi connectivity index (χ0n) is 15.5. The molecule has 1 heterocycles. The molecule has 2 rings (SSSR count). The van der Waals surface area contributed by atoms with Gasteiger partial charge in [-0.25, -0.2) is 0 Å². The average molecular weight is 335 g/mol. The fourth-order valence-electron chi connectivity index (χ4n) is 3.49. The molecule has 0 saturated heterocycles. The minimum Gasteiger partial charge on any atom is -0.385 e. The first-order valence-electron chi connectivity index (χ1n) is 9.10. The number of aryl methyl sites for hydroxylation is 2. The van der Waals surface area contributed by atoms with E-state index >= 15 is 0 Å². The standard InChI is InChI=1S/C18H33N5O/c1-16-13-22-23(14-16)11-6-10-20-17(19-2)21-15-18(9-12-24-3)7-4-5-8-18/h13-14H,4-12,15H2,1-3H3,(H2,19,20,21). The first-order chi connectivity index (χ1) is 11.7. The minimum atomic E-state index is 0.375. The molecule has 1 aromatic heterocycles. The maximum absolute atomic E-state index is 5.30. The van der Waals surface area contributed by atoms with E-state index in [1.54, 1.807) is 7.11 Å². The Hall–Kier alpha value is -1.56. The number of rotatable bonds is 9. The van der Waals surface area contributed by atoms with E-state index in [9.17, 15) is 0 Å². The number of hydrogen-bond acceptors (Lipinski definition) is 3. The molecule has 6 nitrogen and oxygen atoms in total. The van der Waals surface area contributed by atoms with Crippen molar-refractivity contribution in [1.29, 1.82) is 0 Å². The second-order valence-corrected chi connectivity index (χ2v) is 6.94. The first kappa shape index (κ1) is 18.8. The van der Waals surface area contributed by atoms with Crippen LogP contribution in [-0.4, -0.2) is 49.6 Å². The monoisotopic (exact) mass is 335 g/mol. The molecular formula is C18H33N5O. The molecule has 1 aliphatic rings. The van der Waals surface area contributed by atoms with Crippen LogP contribution in [0.4, 0.5) is 0 Å². The molecule has 0 radical (unpaired) electrons. The molecule has 1 saturated carbocycles. The Labute approximate surface area is 146 Å². The molecule has 6 heteroatoms. The maximum Gasteiger partial charge on any atom is 0.190 e. The van der Waals surface area contributed by atoms with Gasteiger partial charge in [0.1, 0.15) is 0 Å². The summed E-state index contributed by atoms with van der Waals surface area (Å²) in [4.78, 5) is 4.35. The summed E-state index contributed by atoms with van der Waals surface area (Å²) in [5.41, 5.74) is 1.58. The van der Waals surface area contributed by atoms with Gasteiger partial charge in [-0.3, -0.25) is 9.67 Å². The summed E-state index contributed by atoms with van der Waals surface area (Å²) in [6.45, 7) is 5.71. The molecule has 0 bridgehead atoms. The lowest BCUT2D eigenvalue weighted by Gasteiger charge is -2.30. The summed E-state index contributed by atoms with van der Waals surface area (Å²) in [6.07, 6.45) is 11.4. The highest BCUT2D eigenvalue weighted by Crippen LogP contribution is 2.40. The number of methoxy groups -OCH3 is 1. The summed E-state index contributed by atoms with van der Waals surface area (Å²) in [6, 6.07) is 0. The van der Waals surface area contributed by atoms with E-state index in [1.807, 2.05) is 17.9 Å². The second-order valence-electron chi connectivity index (χ2n) is 6.94. The highest BCUT2D eigenvalue weighted by atomic mass is 16.5. The Bertz CT molecular complexity index is 505. The molecule has 0 amide bonds. The molecule has 0 atom stereocenters. The number of guanidine groups is 1. The van der Waals surface area contributed by atoms with Gasteiger partial charge in [-0.15, -0.1) is 0 Å². The Kier molecular flexibility index (Phi) is 7.56. The van der Waals surface area contributed by atoms with Crippen molar-refractivity contribution in [1.82, 2.24) is 20.4 Å². The van der Waals surface area contributed by atoms with Gasteiger partial charge >= 0.3 is 0 Å². The molecule has 1 aliphatic carbocycles. The lowest BCUT2D eigenvalue weighted by molar-refractivity contribution is 0.138. The van der Waals surface area contributed by atoms with Crippen LogP contribution < -0.4 is 10.6 Å². The highest BCUT2D eigenvalue weighted by Gasteiger charge is 2.33. The summed E-state index contributed by atoms with van der Waals surface area (Å²) in [5, 5.41) is 11.2. The number of nitrogens with one attached hydrogen (secondary N) is 2. The Morgan fingerprint density at radius 3 is 2.79 bits per heavy atom. The predicted molar refractivity (Wildman–Crippen MR) is 98.3 cm³/mol. The zero-order chi connectivity index (χ0) is 17.3. The molecule has 0 spiro atoms. The van der Waals surface area contributed by atoms with E-state index in [-0.39, 0.29) is 0 Å². The molecular weight excluding hydrogens is 302 g/mol. The molecule has 136 valence electrons. The van der Waals surface area contributed by atoms with Crippen molar-refractivity contribution in [3.05, 3.63) is 18.0 Å². The van der Waals surface area contributed by atoms with Crippen molar-refractivity contribution in [2.45, 2.75) is 52.0 Å². The lowest BCUT2D eigenvalue weighted by atomic mass is 9.83. The van der Waals surface area contributed by atoms with Crippen LogP contribution in [0.2, 0.25) is 0 Å². The molecule has 24 heavy (non-hydrogen) atoms. The third-order valence-corrected chi connectivity index (χ3v) is 4.97. The quantitative estimate of drug-likeness (QED) is 0.413. The van der Waals surface area contributed by atoms with Crippen LogP contribution in [0.3, 0.4) is 0 Å². The molecule has 1 aromatic rings. The number of aliphatic imine (C=N–C) groups is 1. The molecule has 0 aromatic carbocycles. The number of aromatic nitrogens is 2. The van der Waals surface area contributed by atoms with Crippen molar-refractivity contribution >= 4 is 5.96 Å². The van der Waals surface area contributed by atoms with Crippen molar-refractivity contribution in [2.24, 2.45) is 10.4 Å². The van der Waals surface area contributed by atoms with Gasteiger partial charge in [0.15, 0.2) is 5.96 Å². The number of hydrogen-bond donors (Lipinski definition) is 2. The second kappa shape index (κ2) is 9.67. The average Bonchev–Trinajstić information content (AvgIpc) is 3.22. The third-order valence-electron chi connectivity index (χ3n) is 4.97. The lowest BCUT2D eigenvalue weighted by Crippen LogP contribution is -2.43. The Balaban J connectivity index is 1.69. The van der Waals surface area contributed by atoms with Crippen LogP contribution in [0.5, 0.6) is 0 Å². The van der Waals surface area contributed by atoms with Gasteiger partial charge in [-0.1, -0.05) is 12.8 Å². The van der Waals surface area contributed by atoms with Crippen LogP contribution in [0.25, 0.3) is 0 Å². The summed E-state index contributed by atoms with van der Waals surface area (Å²) in [5.74, 6) is 0.898. The van der Waals surface area contributed by atoms with Crippen molar-refractivity contribution in [3.63, 3.8) is 0 Å². The molecule has 2 N–H and O–H groups in total. The number of nitrogens with zero attached hydrogens (tertiary/aromatic N) is 3. The summed E-state index contributed by atoms with van der Waals surface area (Å²) in [7, 11) is 3.63. The van der Waals surface area contributed by atoms with Gasteiger partial charge < -0.3 is 15.4 Å². The topological polar surface area (TPSA) is 63.5 Å². The van der Waals surface area contributed by atoms with Gasteiger partial charge in [0.2, 0.25) is 0 Å². The van der Waals surface area contributed by atoms with E-state index in [0.29, 0.717) is 5.41 Å². The van der Waals surface area contributed by atoms with Crippen molar-refractivity contribution in [3.8, 4) is 0 Å². The summed E-state index contributed by atoms with van der Waals surface area (Å²) < 4.78 is 7.29. The smallest absolute Gasteiger partial charge is 0.190 e.